The van der Waals surface area contributed by atoms with Crippen molar-refractivity contribution in [3.8, 4) is 12.3 Å². The molecule has 1 aromatic heterocycles. The van der Waals surface area contributed by atoms with Crippen LogP contribution >= 0.6 is 8.53 Å². The average molecular weight is 200 g/mol. The van der Waals surface area contributed by atoms with Gasteiger partial charge in [0.2, 0.25) is 8.53 Å². The standard InChI is InChI=1S/C7H5NO.H4NO2P/c1-2-6-4-3-5-8-7(6)9;1-4(2)3/h1,3-5H,(H,8,9);2-3H,1H2. The number of aromatic amines is 1. The van der Waals surface area contributed by atoms with Gasteiger partial charge < -0.3 is 14.8 Å². The highest BCUT2D eigenvalue weighted by molar-refractivity contribution is 7.42. The molecule has 1 heterocycles. The zero-order chi connectivity index (χ0) is 10.3. The first-order valence-electron chi connectivity index (χ1n) is 3.15. The third kappa shape index (κ3) is 6.02. The molecule has 6 heteroatoms. The lowest BCUT2D eigenvalue weighted by atomic mass is 10.3. The van der Waals surface area contributed by atoms with Gasteiger partial charge in [0, 0.05) is 6.20 Å². The fourth-order valence-electron chi connectivity index (χ4n) is 0.535. The molecular formula is C7H9N2O3P. The van der Waals surface area contributed by atoms with E-state index in [0.717, 1.165) is 0 Å². The van der Waals surface area contributed by atoms with Gasteiger partial charge in [0.05, 0.1) is 5.56 Å². The third-order valence-electron chi connectivity index (χ3n) is 0.974. The lowest BCUT2D eigenvalue weighted by Gasteiger charge is -1.83. The molecule has 0 aliphatic carbocycles. The van der Waals surface area contributed by atoms with Gasteiger partial charge in [-0.15, -0.1) is 6.42 Å². The highest BCUT2D eigenvalue weighted by Gasteiger charge is 1.87. The Morgan fingerprint density at radius 1 is 1.62 bits per heavy atom. The third-order valence-corrected chi connectivity index (χ3v) is 0.974. The van der Waals surface area contributed by atoms with Gasteiger partial charge in [-0.3, -0.25) is 10.3 Å². The maximum absolute atomic E-state index is 10.7. The molecule has 70 valence electrons. The van der Waals surface area contributed by atoms with Gasteiger partial charge in [-0.25, -0.2) is 0 Å². The maximum atomic E-state index is 10.7. The Labute approximate surface area is 76.2 Å². The predicted molar refractivity (Wildman–Crippen MR) is 50.5 cm³/mol. The van der Waals surface area contributed by atoms with E-state index in [1.165, 1.54) is 0 Å². The number of hydrogen-bond donors (Lipinski definition) is 4. The van der Waals surface area contributed by atoms with Crippen molar-refractivity contribution in [2.45, 2.75) is 0 Å². The van der Waals surface area contributed by atoms with E-state index in [4.69, 9.17) is 16.2 Å². The van der Waals surface area contributed by atoms with Gasteiger partial charge in [0.25, 0.3) is 5.56 Å². The van der Waals surface area contributed by atoms with Gasteiger partial charge in [0.15, 0.2) is 0 Å². The summed E-state index contributed by atoms with van der Waals surface area (Å²) in [5.74, 6) is 2.25. The number of nitrogens with one attached hydrogen (secondary N) is 1. The number of hydrogen-bond acceptors (Lipinski definition) is 4. The molecule has 13 heavy (non-hydrogen) atoms. The van der Waals surface area contributed by atoms with E-state index in [1.54, 1.807) is 18.3 Å². The van der Waals surface area contributed by atoms with E-state index in [9.17, 15) is 4.79 Å². The SMILES string of the molecule is C#Cc1ccc[nH]c1=O.NP(O)O. The summed E-state index contributed by atoms with van der Waals surface area (Å²) in [4.78, 5) is 28.0. The van der Waals surface area contributed by atoms with Crippen LogP contribution in [0.15, 0.2) is 23.1 Å². The predicted octanol–water partition coefficient (Wildman–Crippen LogP) is -0.487. The van der Waals surface area contributed by atoms with E-state index in [-0.39, 0.29) is 5.56 Å². The minimum atomic E-state index is -2.12. The molecule has 0 spiro atoms. The molecule has 0 saturated carbocycles. The Hall–Kier alpha value is -1.18. The summed E-state index contributed by atoms with van der Waals surface area (Å²) in [6, 6.07) is 3.29. The molecule has 0 aliphatic heterocycles. The molecule has 0 radical (unpaired) electrons. The molecule has 0 bridgehead atoms. The fraction of sp³-hybridized carbons (Fsp3) is 0. The summed E-state index contributed by atoms with van der Waals surface area (Å²) in [6.45, 7) is 0. The highest BCUT2D eigenvalue weighted by Crippen LogP contribution is 2.05. The van der Waals surface area contributed by atoms with E-state index >= 15 is 0 Å². The first kappa shape index (κ1) is 11.8. The van der Waals surface area contributed by atoms with Crippen molar-refractivity contribution in [3.05, 3.63) is 34.2 Å². The molecule has 0 aromatic carbocycles. The molecule has 1 rings (SSSR count). The van der Waals surface area contributed by atoms with Crippen molar-refractivity contribution in [3.63, 3.8) is 0 Å². The lowest BCUT2D eigenvalue weighted by Crippen LogP contribution is -2.07. The molecular weight excluding hydrogens is 191 g/mol. The zero-order valence-electron chi connectivity index (χ0n) is 6.64. The molecule has 0 atom stereocenters. The molecule has 5 nitrogen and oxygen atoms in total. The van der Waals surface area contributed by atoms with E-state index in [1.807, 2.05) is 0 Å². The average Bonchev–Trinajstić information content (AvgIpc) is 2.04. The summed E-state index contributed by atoms with van der Waals surface area (Å²) in [5.41, 5.74) is 4.45. The summed E-state index contributed by atoms with van der Waals surface area (Å²) in [6.07, 6.45) is 6.53. The van der Waals surface area contributed by atoms with Crippen LogP contribution in [0.25, 0.3) is 0 Å². The van der Waals surface area contributed by atoms with Crippen molar-refractivity contribution in [2.24, 2.45) is 5.50 Å². The molecule has 1 aromatic rings. The second-order valence-electron chi connectivity index (χ2n) is 1.88. The minimum absolute atomic E-state index is 0.208. The number of rotatable bonds is 0. The van der Waals surface area contributed by atoms with Gasteiger partial charge in [-0.05, 0) is 12.1 Å². The Balaban J connectivity index is 0.000000310. The Bertz CT molecular complexity index is 339. The second-order valence-corrected chi connectivity index (χ2v) is 2.52. The smallest absolute Gasteiger partial charge is 0.263 e. The first-order chi connectivity index (χ1) is 6.07. The number of H-pyrrole nitrogens is 1. The van der Waals surface area contributed by atoms with E-state index in [2.05, 4.69) is 16.4 Å². The molecule has 5 N–H and O–H groups in total. The molecule has 0 amide bonds. The van der Waals surface area contributed by atoms with Crippen LogP contribution in [0.3, 0.4) is 0 Å². The van der Waals surface area contributed by atoms with Crippen LogP contribution in [0.5, 0.6) is 0 Å². The van der Waals surface area contributed by atoms with E-state index < -0.39 is 8.53 Å². The minimum Gasteiger partial charge on any atom is -0.338 e. The molecule has 0 saturated heterocycles. The summed E-state index contributed by atoms with van der Waals surface area (Å²) in [5, 5.41) is 0. The Kier molecular flexibility index (Phi) is 5.77. The van der Waals surface area contributed by atoms with Crippen molar-refractivity contribution < 1.29 is 9.79 Å². The van der Waals surface area contributed by atoms with Crippen LogP contribution in [0.1, 0.15) is 5.56 Å². The van der Waals surface area contributed by atoms with Crippen LogP contribution < -0.4 is 11.1 Å². The van der Waals surface area contributed by atoms with Gasteiger partial charge in [-0.1, -0.05) is 5.92 Å². The number of aromatic nitrogens is 1. The van der Waals surface area contributed by atoms with Gasteiger partial charge in [0.1, 0.15) is 0 Å². The normalized spacial score (nSPS) is 8.54. The highest BCUT2D eigenvalue weighted by atomic mass is 31.2. The largest absolute Gasteiger partial charge is 0.338 e. The zero-order valence-corrected chi connectivity index (χ0v) is 7.53. The van der Waals surface area contributed by atoms with Crippen molar-refractivity contribution >= 4 is 8.53 Å². The van der Waals surface area contributed by atoms with Crippen LogP contribution in [0.2, 0.25) is 0 Å². The lowest BCUT2D eigenvalue weighted by molar-refractivity contribution is 0.485. The molecule has 0 fully saturated rings. The number of nitrogens with two attached hydrogens (primary N) is 1. The number of pyridine rings is 1. The Morgan fingerprint density at radius 3 is 2.46 bits per heavy atom. The second kappa shape index (κ2) is 6.35. The number of terminal acetylenes is 1. The Morgan fingerprint density at radius 2 is 2.15 bits per heavy atom. The molecule has 0 aliphatic rings. The fourth-order valence-corrected chi connectivity index (χ4v) is 0.535. The van der Waals surface area contributed by atoms with Crippen LogP contribution in [0, 0.1) is 12.3 Å². The topological polar surface area (TPSA) is 99.3 Å². The molecule has 0 unspecified atom stereocenters. The monoisotopic (exact) mass is 200 g/mol. The first-order valence-corrected chi connectivity index (χ1v) is 4.46. The van der Waals surface area contributed by atoms with E-state index in [0.29, 0.717) is 5.56 Å². The van der Waals surface area contributed by atoms with Crippen molar-refractivity contribution in [2.75, 3.05) is 0 Å². The summed E-state index contributed by atoms with van der Waals surface area (Å²) >= 11 is 0. The van der Waals surface area contributed by atoms with Gasteiger partial charge >= 0.3 is 0 Å². The summed E-state index contributed by atoms with van der Waals surface area (Å²) < 4.78 is 0. The van der Waals surface area contributed by atoms with Crippen LogP contribution in [-0.2, 0) is 0 Å². The van der Waals surface area contributed by atoms with Crippen LogP contribution in [-0.4, -0.2) is 14.8 Å². The maximum Gasteiger partial charge on any atom is 0.263 e. The quantitative estimate of drug-likeness (QED) is 0.335. The van der Waals surface area contributed by atoms with Crippen molar-refractivity contribution in [1.29, 1.82) is 0 Å². The van der Waals surface area contributed by atoms with Crippen LogP contribution in [0.4, 0.5) is 0 Å². The van der Waals surface area contributed by atoms with Crippen molar-refractivity contribution in [1.82, 2.24) is 4.98 Å². The summed E-state index contributed by atoms with van der Waals surface area (Å²) in [7, 11) is -2.12. The van der Waals surface area contributed by atoms with Gasteiger partial charge in [-0.2, -0.15) is 0 Å².